The fourth-order valence-electron chi connectivity index (χ4n) is 2.91. The molecule has 0 N–H and O–H groups in total. The van der Waals surface area contributed by atoms with E-state index >= 15 is 0 Å². The van der Waals surface area contributed by atoms with Crippen LogP contribution in [0, 0.1) is 6.92 Å². The molecule has 4 nitrogen and oxygen atoms in total. The summed E-state index contributed by atoms with van der Waals surface area (Å²) in [6.07, 6.45) is 3.70. The highest BCUT2D eigenvalue weighted by atomic mass is 16.5. The average Bonchev–Trinajstić information content (AvgIpc) is 2.90. The van der Waals surface area contributed by atoms with Gasteiger partial charge in [0.25, 0.3) is 5.91 Å². The van der Waals surface area contributed by atoms with E-state index in [1.54, 1.807) is 4.90 Å². The third-order valence-electron chi connectivity index (χ3n) is 4.37. The number of carbonyl (C=O) groups excluding carboxylic acids is 1. The van der Waals surface area contributed by atoms with E-state index < -0.39 is 0 Å². The molecule has 2 aliphatic rings. The summed E-state index contributed by atoms with van der Waals surface area (Å²) >= 11 is 0. The molecule has 1 fully saturated rings. The van der Waals surface area contributed by atoms with Crippen molar-refractivity contribution in [3.05, 3.63) is 53.1 Å². The summed E-state index contributed by atoms with van der Waals surface area (Å²) in [5.74, 6) is 1.32. The Morgan fingerprint density at radius 3 is 2.58 bits per heavy atom. The van der Waals surface area contributed by atoms with Crippen LogP contribution < -0.4 is 9.64 Å². The predicted octanol–water partition coefficient (Wildman–Crippen LogP) is 4.51. The minimum Gasteiger partial charge on any atom is -0.474 e. The quantitative estimate of drug-likeness (QED) is 0.834. The van der Waals surface area contributed by atoms with Crippen LogP contribution in [0.25, 0.3) is 0 Å². The van der Waals surface area contributed by atoms with E-state index in [0.717, 1.165) is 29.5 Å². The zero-order valence-electron chi connectivity index (χ0n) is 14.6. The van der Waals surface area contributed by atoms with E-state index in [1.807, 2.05) is 57.2 Å². The van der Waals surface area contributed by atoms with Crippen molar-refractivity contribution in [3.63, 3.8) is 0 Å². The molecule has 24 heavy (non-hydrogen) atoms. The zero-order valence-corrected chi connectivity index (χ0v) is 14.6. The van der Waals surface area contributed by atoms with Crippen molar-refractivity contribution in [2.45, 2.75) is 52.7 Å². The van der Waals surface area contributed by atoms with E-state index in [-0.39, 0.29) is 12.0 Å². The molecule has 0 bridgehead atoms. The maximum absolute atomic E-state index is 12.6. The lowest BCUT2D eigenvalue weighted by molar-refractivity contribution is 0.0995. The highest BCUT2D eigenvalue weighted by Crippen LogP contribution is 2.30. The lowest BCUT2D eigenvalue weighted by Crippen LogP contribution is -2.27. The lowest BCUT2D eigenvalue weighted by Gasteiger charge is -2.26. The number of hydrogen-bond donors (Lipinski definition) is 0. The molecule has 1 aromatic carbocycles. The van der Waals surface area contributed by atoms with Crippen LogP contribution in [0.1, 0.15) is 54.6 Å². The number of ether oxygens (including phenoxy) is 1. The smallest absolute Gasteiger partial charge is 0.260 e. The number of rotatable bonds is 3. The van der Waals surface area contributed by atoms with E-state index in [2.05, 4.69) is 4.98 Å². The van der Waals surface area contributed by atoms with Gasteiger partial charge in [0.05, 0.1) is 6.54 Å². The SMILES string of the molecule is CC.Cc1cc(OC2CCC2)nc(N2Cc3ccccc3C2=O)c1. The fraction of sp³-hybridized carbons (Fsp3) is 0.400. The third-order valence-corrected chi connectivity index (χ3v) is 4.37. The molecule has 0 unspecified atom stereocenters. The first-order valence-electron chi connectivity index (χ1n) is 8.76. The molecule has 0 radical (unpaired) electrons. The van der Waals surface area contributed by atoms with Crippen molar-refractivity contribution in [2.75, 3.05) is 4.90 Å². The van der Waals surface area contributed by atoms with Gasteiger partial charge in [-0.05, 0) is 49.4 Å². The van der Waals surface area contributed by atoms with Gasteiger partial charge in [0.15, 0.2) is 0 Å². The summed E-state index contributed by atoms with van der Waals surface area (Å²) in [6.45, 7) is 6.58. The molecule has 2 aromatic rings. The number of carbonyl (C=O) groups is 1. The molecule has 1 amide bonds. The van der Waals surface area contributed by atoms with Crippen molar-refractivity contribution >= 4 is 11.7 Å². The third kappa shape index (κ3) is 3.14. The van der Waals surface area contributed by atoms with Crippen LogP contribution in [0.15, 0.2) is 36.4 Å². The molecule has 0 spiro atoms. The van der Waals surface area contributed by atoms with Crippen molar-refractivity contribution in [3.8, 4) is 5.88 Å². The number of nitrogens with zero attached hydrogens (tertiary/aromatic N) is 2. The zero-order chi connectivity index (χ0) is 17.1. The van der Waals surface area contributed by atoms with Crippen molar-refractivity contribution in [1.29, 1.82) is 0 Å². The summed E-state index contributed by atoms with van der Waals surface area (Å²) in [7, 11) is 0. The average molecular weight is 324 g/mol. The number of fused-ring (bicyclic) bond motifs is 1. The Kier molecular flexibility index (Phi) is 4.84. The Bertz CT molecular complexity index is 738. The number of anilines is 1. The molecule has 0 saturated heterocycles. The van der Waals surface area contributed by atoms with Gasteiger partial charge in [0.1, 0.15) is 11.9 Å². The maximum atomic E-state index is 12.6. The van der Waals surface area contributed by atoms with Crippen LogP contribution in [0.4, 0.5) is 5.82 Å². The number of amides is 1. The highest BCUT2D eigenvalue weighted by Gasteiger charge is 2.29. The van der Waals surface area contributed by atoms with E-state index in [4.69, 9.17) is 4.74 Å². The minimum absolute atomic E-state index is 0.0169. The molecule has 1 aromatic heterocycles. The van der Waals surface area contributed by atoms with Gasteiger partial charge in [-0.3, -0.25) is 9.69 Å². The first-order chi connectivity index (χ1) is 11.7. The monoisotopic (exact) mass is 324 g/mol. The second-order valence-corrected chi connectivity index (χ2v) is 6.06. The molecule has 1 aliphatic heterocycles. The molecule has 4 heteroatoms. The Morgan fingerprint density at radius 2 is 1.92 bits per heavy atom. The van der Waals surface area contributed by atoms with Crippen molar-refractivity contribution in [1.82, 2.24) is 4.98 Å². The highest BCUT2D eigenvalue weighted by molar-refractivity contribution is 6.09. The van der Waals surface area contributed by atoms with Gasteiger partial charge in [-0.2, -0.15) is 4.98 Å². The largest absolute Gasteiger partial charge is 0.474 e. The Balaban J connectivity index is 0.000000815. The number of aryl methyl sites for hydroxylation is 1. The van der Waals surface area contributed by atoms with Crippen LogP contribution in [0.3, 0.4) is 0 Å². The summed E-state index contributed by atoms with van der Waals surface area (Å²) in [4.78, 5) is 18.8. The van der Waals surface area contributed by atoms with Crippen molar-refractivity contribution < 1.29 is 9.53 Å². The molecular formula is C20H24N2O2. The number of benzene rings is 1. The normalized spacial score (nSPS) is 16.1. The second kappa shape index (κ2) is 7.04. The van der Waals surface area contributed by atoms with Crippen LogP contribution >= 0.6 is 0 Å². The van der Waals surface area contributed by atoms with E-state index in [1.165, 1.54) is 6.42 Å². The lowest BCUT2D eigenvalue weighted by atomic mass is 9.96. The minimum atomic E-state index is 0.0169. The van der Waals surface area contributed by atoms with Gasteiger partial charge in [0, 0.05) is 11.6 Å². The van der Waals surface area contributed by atoms with Crippen LogP contribution in [-0.4, -0.2) is 17.0 Å². The van der Waals surface area contributed by atoms with Gasteiger partial charge in [-0.15, -0.1) is 0 Å². The number of aromatic nitrogens is 1. The Hall–Kier alpha value is -2.36. The van der Waals surface area contributed by atoms with E-state index in [9.17, 15) is 4.79 Å². The fourth-order valence-corrected chi connectivity index (χ4v) is 2.91. The first-order valence-corrected chi connectivity index (χ1v) is 8.76. The molecule has 126 valence electrons. The van der Waals surface area contributed by atoms with Crippen molar-refractivity contribution in [2.24, 2.45) is 0 Å². The molecule has 2 heterocycles. The standard InChI is InChI=1S/C18H18N2O2.C2H6/c1-12-9-16(19-17(10-12)22-14-6-4-7-14)20-11-13-5-2-3-8-15(13)18(20)21;1-2/h2-3,5,8-10,14H,4,6-7,11H2,1H3;1-2H3. The van der Waals surface area contributed by atoms with Gasteiger partial charge >= 0.3 is 0 Å². The van der Waals surface area contributed by atoms with Gasteiger partial charge in [0.2, 0.25) is 5.88 Å². The maximum Gasteiger partial charge on any atom is 0.260 e. The molecule has 1 aliphatic carbocycles. The summed E-state index contributed by atoms with van der Waals surface area (Å²) < 4.78 is 5.89. The summed E-state index contributed by atoms with van der Waals surface area (Å²) in [6, 6.07) is 11.6. The summed E-state index contributed by atoms with van der Waals surface area (Å²) in [5.41, 5.74) is 2.88. The molecule has 0 atom stereocenters. The van der Waals surface area contributed by atoms with Gasteiger partial charge in [-0.25, -0.2) is 0 Å². The topological polar surface area (TPSA) is 42.4 Å². The van der Waals surface area contributed by atoms with Crippen LogP contribution in [0.5, 0.6) is 5.88 Å². The van der Waals surface area contributed by atoms with E-state index in [0.29, 0.717) is 18.2 Å². The molecule has 4 rings (SSSR count). The summed E-state index contributed by atoms with van der Waals surface area (Å²) in [5, 5.41) is 0. The number of pyridine rings is 1. The predicted molar refractivity (Wildman–Crippen MR) is 95.5 cm³/mol. The Morgan fingerprint density at radius 1 is 1.17 bits per heavy atom. The van der Waals surface area contributed by atoms with Crippen LogP contribution in [-0.2, 0) is 6.54 Å². The first kappa shape index (κ1) is 16.5. The number of hydrogen-bond acceptors (Lipinski definition) is 3. The van der Waals surface area contributed by atoms with Crippen LogP contribution in [0.2, 0.25) is 0 Å². The molecule has 1 saturated carbocycles. The van der Waals surface area contributed by atoms with Gasteiger partial charge < -0.3 is 4.74 Å². The molecular weight excluding hydrogens is 300 g/mol. The second-order valence-electron chi connectivity index (χ2n) is 6.06. The Labute approximate surface area is 143 Å². The van der Waals surface area contributed by atoms with Gasteiger partial charge in [-0.1, -0.05) is 32.0 Å².